The van der Waals surface area contributed by atoms with E-state index in [9.17, 15) is 13.6 Å². The van der Waals surface area contributed by atoms with Crippen LogP contribution >= 0.6 is 0 Å². The summed E-state index contributed by atoms with van der Waals surface area (Å²) in [6.07, 6.45) is 1.46. The van der Waals surface area contributed by atoms with Gasteiger partial charge in [0.2, 0.25) is 0 Å². The number of carbonyl (C=O) groups is 1. The second-order valence-electron chi connectivity index (χ2n) is 5.88. The third-order valence-electron chi connectivity index (χ3n) is 4.14. The maximum atomic E-state index is 14.3. The van der Waals surface area contributed by atoms with Crippen molar-refractivity contribution in [1.82, 2.24) is 10.3 Å². The lowest BCUT2D eigenvalue weighted by Crippen LogP contribution is -2.30. The Morgan fingerprint density at radius 3 is 2.59 bits per heavy atom. The Morgan fingerprint density at radius 2 is 1.93 bits per heavy atom. The zero-order chi connectivity index (χ0) is 19.2. The summed E-state index contributed by atoms with van der Waals surface area (Å²) in [6.45, 7) is -0.598. The highest BCUT2D eigenvalue weighted by Crippen LogP contribution is 2.24. The molecule has 27 heavy (non-hydrogen) atoms. The van der Waals surface area contributed by atoms with E-state index in [4.69, 9.17) is 4.74 Å². The van der Waals surface area contributed by atoms with Crippen LogP contribution in [-0.2, 0) is 6.67 Å². The number of hydrogen-bond acceptors (Lipinski definition) is 3. The van der Waals surface area contributed by atoms with Crippen molar-refractivity contribution < 1.29 is 18.3 Å². The minimum atomic E-state index is -0.821. The number of pyridine rings is 1. The smallest absolute Gasteiger partial charge is 0.252 e. The number of hydrogen-bond donors (Lipinski definition) is 1. The number of ether oxygens (including phenoxy) is 1. The molecule has 1 unspecified atom stereocenters. The molecule has 1 amide bonds. The molecular formula is C21H18F2N2O2. The first-order valence-electron chi connectivity index (χ1n) is 8.32. The second-order valence-corrected chi connectivity index (χ2v) is 5.88. The fraction of sp³-hybridized carbons (Fsp3) is 0.143. The Bertz CT molecular complexity index is 929. The lowest BCUT2D eigenvalue weighted by atomic mass is 10.0. The standard InChI is InChI=1S/C21H18F2N2O2/c1-27-17-5-2-4-16(12-17)21(26)25-19(20-18(23)6-3-11-24-20)15-9-7-14(13-22)8-10-15/h2-12,19H,13H2,1H3,(H,25,26). The summed E-state index contributed by atoms with van der Waals surface area (Å²) in [7, 11) is 1.51. The molecule has 138 valence electrons. The molecule has 0 spiro atoms. The average molecular weight is 368 g/mol. The van der Waals surface area contributed by atoms with E-state index in [2.05, 4.69) is 10.3 Å². The number of halogens is 2. The Morgan fingerprint density at radius 1 is 1.15 bits per heavy atom. The number of carbonyl (C=O) groups excluding carboxylic acids is 1. The van der Waals surface area contributed by atoms with Crippen LogP contribution in [0.15, 0.2) is 66.9 Å². The minimum Gasteiger partial charge on any atom is -0.497 e. The minimum absolute atomic E-state index is 0.0849. The summed E-state index contributed by atoms with van der Waals surface area (Å²) < 4.78 is 32.3. The van der Waals surface area contributed by atoms with E-state index >= 15 is 0 Å². The largest absolute Gasteiger partial charge is 0.497 e. The van der Waals surface area contributed by atoms with E-state index in [1.807, 2.05) is 0 Å². The normalized spacial score (nSPS) is 11.7. The van der Waals surface area contributed by atoms with E-state index in [1.54, 1.807) is 48.5 Å². The molecule has 1 heterocycles. The van der Waals surface area contributed by atoms with Crippen molar-refractivity contribution in [3.05, 3.63) is 95.1 Å². The molecule has 3 rings (SSSR count). The van der Waals surface area contributed by atoms with Gasteiger partial charge in [-0.3, -0.25) is 9.78 Å². The van der Waals surface area contributed by atoms with Gasteiger partial charge in [0.1, 0.15) is 23.9 Å². The molecule has 1 aromatic heterocycles. The third-order valence-corrected chi connectivity index (χ3v) is 4.14. The van der Waals surface area contributed by atoms with Crippen molar-refractivity contribution in [3.8, 4) is 5.75 Å². The fourth-order valence-electron chi connectivity index (χ4n) is 2.70. The lowest BCUT2D eigenvalue weighted by molar-refractivity contribution is 0.0941. The highest BCUT2D eigenvalue weighted by Gasteiger charge is 2.22. The van der Waals surface area contributed by atoms with Gasteiger partial charge in [-0.1, -0.05) is 30.3 Å². The third kappa shape index (κ3) is 4.28. The van der Waals surface area contributed by atoms with Crippen LogP contribution in [0.1, 0.15) is 33.2 Å². The van der Waals surface area contributed by atoms with Crippen molar-refractivity contribution in [2.75, 3.05) is 7.11 Å². The molecule has 3 aromatic rings. The molecule has 0 aliphatic heterocycles. The summed E-state index contributed by atoms with van der Waals surface area (Å²) in [5, 5.41) is 2.80. The van der Waals surface area contributed by atoms with E-state index in [0.717, 1.165) is 0 Å². The van der Waals surface area contributed by atoms with Crippen molar-refractivity contribution in [2.24, 2.45) is 0 Å². The van der Waals surface area contributed by atoms with E-state index in [0.29, 0.717) is 22.4 Å². The Labute approximate surface area is 155 Å². The van der Waals surface area contributed by atoms with Crippen LogP contribution in [0, 0.1) is 5.82 Å². The highest BCUT2D eigenvalue weighted by molar-refractivity contribution is 5.95. The average Bonchev–Trinajstić information content (AvgIpc) is 2.72. The number of methoxy groups -OCH3 is 1. The van der Waals surface area contributed by atoms with Gasteiger partial charge in [-0.25, -0.2) is 8.78 Å². The Hall–Kier alpha value is -3.28. The predicted octanol–water partition coefficient (Wildman–Crippen LogP) is 4.22. The van der Waals surface area contributed by atoms with Crippen LogP contribution in [0.25, 0.3) is 0 Å². The van der Waals surface area contributed by atoms with Crippen LogP contribution in [0.5, 0.6) is 5.75 Å². The zero-order valence-electron chi connectivity index (χ0n) is 14.7. The van der Waals surface area contributed by atoms with Crippen LogP contribution in [-0.4, -0.2) is 18.0 Å². The van der Waals surface area contributed by atoms with Crippen LogP contribution in [0.4, 0.5) is 8.78 Å². The molecule has 2 aromatic carbocycles. The number of nitrogens with one attached hydrogen (secondary N) is 1. The molecule has 0 radical (unpaired) electrons. The van der Waals surface area contributed by atoms with Crippen molar-refractivity contribution in [1.29, 1.82) is 0 Å². The molecule has 0 bridgehead atoms. The van der Waals surface area contributed by atoms with Gasteiger partial charge < -0.3 is 10.1 Å². The first-order chi connectivity index (χ1) is 13.1. The molecule has 4 nitrogen and oxygen atoms in total. The monoisotopic (exact) mass is 368 g/mol. The zero-order valence-corrected chi connectivity index (χ0v) is 14.7. The Balaban J connectivity index is 1.96. The highest BCUT2D eigenvalue weighted by atomic mass is 19.1. The topological polar surface area (TPSA) is 51.2 Å². The summed E-state index contributed by atoms with van der Waals surface area (Å²) in [6, 6.07) is 15.1. The molecule has 0 saturated heterocycles. The number of benzene rings is 2. The second kappa shape index (κ2) is 8.40. The van der Waals surface area contributed by atoms with Crippen molar-refractivity contribution >= 4 is 5.91 Å². The first kappa shape index (κ1) is 18.5. The first-order valence-corrected chi connectivity index (χ1v) is 8.32. The summed E-state index contributed by atoms with van der Waals surface area (Å²) in [4.78, 5) is 16.8. The molecule has 1 atom stereocenters. The number of aromatic nitrogens is 1. The molecule has 0 saturated carbocycles. The Kier molecular flexibility index (Phi) is 5.76. The molecular weight excluding hydrogens is 350 g/mol. The lowest BCUT2D eigenvalue weighted by Gasteiger charge is -2.20. The molecule has 0 aliphatic rings. The maximum absolute atomic E-state index is 14.3. The van der Waals surface area contributed by atoms with Gasteiger partial charge in [0.05, 0.1) is 13.2 Å². The van der Waals surface area contributed by atoms with Gasteiger partial charge in [0.25, 0.3) is 5.91 Å². The van der Waals surface area contributed by atoms with Crippen molar-refractivity contribution in [3.63, 3.8) is 0 Å². The van der Waals surface area contributed by atoms with E-state index in [1.165, 1.54) is 25.4 Å². The summed E-state index contributed by atoms with van der Waals surface area (Å²) >= 11 is 0. The van der Waals surface area contributed by atoms with Gasteiger partial charge in [0.15, 0.2) is 0 Å². The SMILES string of the molecule is COc1cccc(C(=O)NC(c2ccc(CF)cc2)c2ncccc2F)c1. The summed E-state index contributed by atoms with van der Waals surface area (Å²) in [5.41, 5.74) is 1.55. The van der Waals surface area contributed by atoms with Gasteiger partial charge in [-0.05, 0) is 41.5 Å². The van der Waals surface area contributed by atoms with Crippen LogP contribution in [0.2, 0.25) is 0 Å². The maximum Gasteiger partial charge on any atom is 0.252 e. The van der Waals surface area contributed by atoms with E-state index in [-0.39, 0.29) is 5.69 Å². The van der Waals surface area contributed by atoms with Gasteiger partial charge in [-0.15, -0.1) is 0 Å². The van der Waals surface area contributed by atoms with Gasteiger partial charge in [-0.2, -0.15) is 0 Å². The van der Waals surface area contributed by atoms with Crippen LogP contribution in [0.3, 0.4) is 0 Å². The molecule has 0 aliphatic carbocycles. The fourth-order valence-corrected chi connectivity index (χ4v) is 2.70. The number of amides is 1. The predicted molar refractivity (Wildman–Crippen MR) is 97.8 cm³/mol. The number of rotatable bonds is 6. The summed E-state index contributed by atoms with van der Waals surface area (Å²) in [5.74, 6) is -0.406. The quantitative estimate of drug-likeness (QED) is 0.709. The van der Waals surface area contributed by atoms with E-state index < -0.39 is 24.4 Å². The van der Waals surface area contributed by atoms with Gasteiger partial charge in [0, 0.05) is 11.8 Å². The van der Waals surface area contributed by atoms with Crippen LogP contribution < -0.4 is 10.1 Å². The van der Waals surface area contributed by atoms with Gasteiger partial charge >= 0.3 is 0 Å². The molecule has 1 N–H and O–H groups in total. The number of nitrogens with zero attached hydrogens (tertiary/aromatic N) is 1. The molecule has 6 heteroatoms. The van der Waals surface area contributed by atoms with Crippen molar-refractivity contribution in [2.45, 2.75) is 12.7 Å². The molecule has 0 fully saturated rings. The number of alkyl halides is 1.